The quantitative estimate of drug-likeness (QED) is 0.503. The van der Waals surface area contributed by atoms with Crippen molar-refractivity contribution in [2.24, 2.45) is 0 Å². The minimum Gasteiger partial charge on any atom is -0.282 e. The van der Waals surface area contributed by atoms with Gasteiger partial charge in [0, 0.05) is 21.8 Å². The number of hydrogen-bond donors (Lipinski definition) is 0. The van der Waals surface area contributed by atoms with Crippen LogP contribution in [0.2, 0.25) is 0 Å². The van der Waals surface area contributed by atoms with E-state index in [0.29, 0.717) is 10.8 Å². The molecule has 17 heavy (non-hydrogen) atoms. The lowest BCUT2D eigenvalue weighted by Gasteiger charge is -2.10. The highest BCUT2D eigenvalue weighted by Crippen LogP contribution is 2.36. The topological polar surface area (TPSA) is 17.1 Å². The monoisotopic (exact) mass is 306 g/mol. The Hall–Kier alpha value is 0.550. The van der Waals surface area contributed by atoms with E-state index >= 15 is 0 Å². The van der Waals surface area contributed by atoms with Crippen molar-refractivity contribution in [2.75, 3.05) is 16.6 Å². The summed E-state index contributed by atoms with van der Waals surface area (Å²) in [6, 6.07) is 0. The number of hydrogen-bond acceptors (Lipinski definition) is 5. The Morgan fingerprint density at radius 1 is 1.59 bits per heavy atom. The first-order valence-electron chi connectivity index (χ1n) is 5.47. The van der Waals surface area contributed by atoms with Gasteiger partial charge in [0.2, 0.25) is 5.12 Å². The van der Waals surface area contributed by atoms with E-state index in [9.17, 15) is 4.79 Å². The Morgan fingerprint density at radius 3 is 2.94 bits per heavy atom. The number of carbonyl (C=O) groups is 1. The van der Waals surface area contributed by atoms with E-state index in [1.807, 2.05) is 35.3 Å². The van der Waals surface area contributed by atoms with E-state index in [1.165, 1.54) is 28.2 Å². The van der Waals surface area contributed by atoms with Gasteiger partial charge >= 0.3 is 0 Å². The highest BCUT2D eigenvalue weighted by atomic mass is 32.2. The molecule has 1 rings (SSSR count). The first-order valence-corrected chi connectivity index (χ1v) is 9.54. The van der Waals surface area contributed by atoms with Gasteiger partial charge in [-0.1, -0.05) is 25.3 Å². The summed E-state index contributed by atoms with van der Waals surface area (Å²) in [5, 5.41) is 4.23. The van der Waals surface area contributed by atoms with Crippen LogP contribution in [-0.4, -0.2) is 27.0 Å². The SMILES string of the molecule is C=C(C)C(=O)SCCSC(C)CC1=CSCS1. The molecule has 0 aromatic carbocycles. The standard InChI is InChI=1S/C12H18OS4/c1-9(2)12(13)16-5-4-15-10(3)6-11-7-14-8-17-11/h7,10H,1,4-6,8H2,2-3H3. The van der Waals surface area contributed by atoms with Crippen molar-refractivity contribution < 1.29 is 4.79 Å². The van der Waals surface area contributed by atoms with E-state index < -0.39 is 0 Å². The molecule has 0 radical (unpaired) electrons. The normalized spacial score (nSPS) is 16.7. The summed E-state index contributed by atoms with van der Waals surface area (Å²) in [6.07, 6.45) is 1.17. The van der Waals surface area contributed by atoms with Gasteiger partial charge in [0.25, 0.3) is 0 Å². The Labute approximate surface area is 121 Å². The summed E-state index contributed by atoms with van der Waals surface area (Å²) < 4.78 is 0. The summed E-state index contributed by atoms with van der Waals surface area (Å²) in [5.74, 6) is 1.93. The van der Waals surface area contributed by atoms with Gasteiger partial charge in [-0.05, 0) is 29.2 Å². The fourth-order valence-electron chi connectivity index (χ4n) is 1.23. The maximum absolute atomic E-state index is 11.3. The van der Waals surface area contributed by atoms with Crippen molar-refractivity contribution in [3.8, 4) is 0 Å². The molecule has 0 N–H and O–H groups in total. The van der Waals surface area contributed by atoms with Crippen molar-refractivity contribution in [3.63, 3.8) is 0 Å². The lowest BCUT2D eigenvalue weighted by molar-refractivity contribution is -0.107. The van der Waals surface area contributed by atoms with Gasteiger partial charge in [-0.3, -0.25) is 4.79 Å². The summed E-state index contributed by atoms with van der Waals surface area (Å²) in [5.41, 5.74) is 0.651. The highest BCUT2D eigenvalue weighted by Gasteiger charge is 2.11. The average Bonchev–Trinajstić information content (AvgIpc) is 2.76. The second-order valence-corrected chi connectivity index (χ2v) is 8.75. The molecule has 5 heteroatoms. The third-order valence-electron chi connectivity index (χ3n) is 2.08. The summed E-state index contributed by atoms with van der Waals surface area (Å²) in [6.45, 7) is 7.68. The van der Waals surface area contributed by atoms with Crippen molar-refractivity contribution in [2.45, 2.75) is 25.5 Å². The fraction of sp³-hybridized carbons (Fsp3) is 0.583. The minimum atomic E-state index is 0.128. The Morgan fingerprint density at radius 2 is 2.35 bits per heavy atom. The first kappa shape index (κ1) is 15.6. The maximum atomic E-state index is 11.3. The Bertz CT molecular complexity index is 312. The molecular formula is C12H18OS4. The van der Waals surface area contributed by atoms with Crippen molar-refractivity contribution in [3.05, 3.63) is 22.5 Å². The van der Waals surface area contributed by atoms with Crippen molar-refractivity contribution in [1.29, 1.82) is 0 Å². The second kappa shape index (κ2) is 8.62. The van der Waals surface area contributed by atoms with Crippen LogP contribution in [0, 0.1) is 0 Å². The summed E-state index contributed by atoms with van der Waals surface area (Å²) >= 11 is 7.19. The molecule has 1 aliphatic heterocycles. The minimum absolute atomic E-state index is 0.128. The van der Waals surface area contributed by atoms with Crippen molar-refractivity contribution in [1.82, 2.24) is 0 Å². The number of thioether (sulfide) groups is 4. The predicted molar refractivity (Wildman–Crippen MR) is 86.9 cm³/mol. The highest BCUT2D eigenvalue weighted by molar-refractivity contribution is 8.22. The van der Waals surface area contributed by atoms with Crippen LogP contribution < -0.4 is 0 Å². The second-order valence-electron chi connectivity index (χ2n) is 3.81. The Balaban J connectivity index is 2.05. The predicted octanol–water partition coefficient (Wildman–Crippen LogP) is 4.61. The zero-order valence-corrected chi connectivity index (χ0v) is 13.5. The number of rotatable bonds is 7. The van der Waals surface area contributed by atoms with Crippen LogP contribution in [0.1, 0.15) is 20.3 Å². The molecule has 0 aliphatic carbocycles. The van der Waals surface area contributed by atoms with Crippen molar-refractivity contribution >= 4 is 52.2 Å². The zero-order chi connectivity index (χ0) is 12.7. The van der Waals surface area contributed by atoms with E-state index in [1.54, 1.807) is 6.92 Å². The molecule has 0 spiro atoms. The van der Waals surface area contributed by atoms with Gasteiger partial charge in [-0.2, -0.15) is 11.8 Å². The van der Waals surface area contributed by atoms with E-state index in [4.69, 9.17) is 0 Å². The van der Waals surface area contributed by atoms with Gasteiger partial charge in [0.1, 0.15) is 0 Å². The molecule has 0 saturated heterocycles. The summed E-state index contributed by atoms with van der Waals surface area (Å²) in [4.78, 5) is 12.8. The number of carbonyl (C=O) groups excluding carboxylic acids is 1. The smallest absolute Gasteiger partial charge is 0.214 e. The maximum Gasteiger partial charge on any atom is 0.214 e. The molecule has 1 heterocycles. The van der Waals surface area contributed by atoms with E-state index in [2.05, 4.69) is 18.9 Å². The molecule has 96 valence electrons. The van der Waals surface area contributed by atoms with Crippen LogP contribution in [0.15, 0.2) is 22.5 Å². The van der Waals surface area contributed by atoms with Crippen LogP contribution in [-0.2, 0) is 4.79 Å². The molecule has 0 aromatic heterocycles. The largest absolute Gasteiger partial charge is 0.282 e. The molecular weight excluding hydrogens is 288 g/mol. The van der Waals surface area contributed by atoms with E-state index in [0.717, 1.165) is 11.5 Å². The first-order chi connectivity index (χ1) is 8.09. The Kier molecular flexibility index (Phi) is 7.91. The molecule has 1 nitrogen and oxygen atoms in total. The molecule has 1 unspecified atom stereocenters. The fourth-order valence-corrected chi connectivity index (χ4v) is 5.46. The van der Waals surface area contributed by atoms with Crippen LogP contribution in [0.5, 0.6) is 0 Å². The van der Waals surface area contributed by atoms with Crippen LogP contribution >= 0.6 is 47.0 Å². The van der Waals surface area contributed by atoms with Gasteiger partial charge < -0.3 is 0 Å². The molecule has 1 atom stereocenters. The van der Waals surface area contributed by atoms with Crippen LogP contribution in [0.25, 0.3) is 0 Å². The lowest BCUT2D eigenvalue weighted by Crippen LogP contribution is -2.01. The summed E-state index contributed by atoms with van der Waals surface area (Å²) in [7, 11) is 0. The van der Waals surface area contributed by atoms with Gasteiger partial charge in [0.15, 0.2) is 0 Å². The molecule has 0 amide bonds. The van der Waals surface area contributed by atoms with Crippen LogP contribution in [0.3, 0.4) is 0 Å². The van der Waals surface area contributed by atoms with Crippen LogP contribution in [0.4, 0.5) is 0 Å². The molecule has 0 fully saturated rings. The third kappa shape index (κ3) is 6.89. The van der Waals surface area contributed by atoms with E-state index in [-0.39, 0.29) is 5.12 Å². The van der Waals surface area contributed by atoms with Gasteiger partial charge in [-0.15, -0.1) is 23.5 Å². The molecule has 0 bridgehead atoms. The van der Waals surface area contributed by atoms with Gasteiger partial charge in [-0.25, -0.2) is 0 Å². The molecule has 1 aliphatic rings. The third-order valence-corrected chi connectivity index (χ3v) is 6.81. The average molecular weight is 307 g/mol. The lowest BCUT2D eigenvalue weighted by atomic mass is 10.3. The number of allylic oxidation sites excluding steroid dienone is 1. The molecule has 0 aromatic rings. The zero-order valence-electron chi connectivity index (χ0n) is 10.2. The van der Waals surface area contributed by atoms with Gasteiger partial charge in [0.05, 0.1) is 0 Å². The molecule has 0 saturated carbocycles.